The number of aromatic hydroxyl groups is 1. The minimum atomic E-state index is -2.88. The number of amides is 1. The first-order valence-electron chi connectivity index (χ1n) is 9.09. The van der Waals surface area contributed by atoms with Crippen molar-refractivity contribution in [1.29, 1.82) is 0 Å². The molecule has 0 spiro atoms. The standard InChI is InChI=1S/C20H19F2N3O5.K.H/c1-2-25-9-13(20(28)29)14(10-25)23-16(27)8-7-15-17(19(21)22)18(24-30-15)11-3-5-12(26)6-4-11;;/h3-6,9-10,19,26H,2,7-8H2,1H3,(H,23,27)(H,28,29);;/q;+1;-1. The van der Waals surface area contributed by atoms with Gasteiger partial charge in [-0.25, -0.2) is 13.6 Å². The van der Waals surface area contributed by atoms with E-state index in [1.54, 1.807) is 4.57 Å². The Bertz CT molecular complexity index is 1070. The third-order valence-electron chi connectivity index (χ3n) is 4.49. The van der Waals surface area contributed by atoms with Gasteiger partial charge in [-0.15, -0.1) is 0 Å². The Hall–Kier alpha value is -2.05. The molecule has 160 valence electrons. The number of aryl methyl sites for hydroxylation is 2. The number of carbonyl (C=O) groups is 2. The minimum absolute atomic E-state index is 0. The van der Waals surface area contributed by atoms with Crippen molar-refractivity contribution >= 4 is 17.6 Å². The SMILES string of the molecule is CCn1cc(NC(=O)CCc2onc(-c3ccc(O)cc3)c2C(F)F)c(C(=O)O)c1.[H-].[K+]. The van der Waals surface area contributed by atoms with Crippen molar-refractivity contribution in [2.75, 3.05) is 5.32 Å². The van der Waals surface area contributed by atoms with Gasteiger partial charge >= 0.3 is 57.4 Å². The molecule has 3 rings (SSSR count). The van der Waals surface area contributed by atoms with Crippen LogP contribution in [0.15, 0.2) is 41.2 Å². The average Bonchev–Trinajstić information content (AvgIpc) is 3.31. The predicted octanol–water partition coefficient (Wildman–Crippen LogP) is 1.19. The van der Waals surface area contributed by atoms with Gasteiger partial charge in [0.05, 0.1) is 11.3 Å². The molecule has 0 saturated carbocycles. The molecule has 3 aromatic rings. The number of nitrogens with zero attached hydrogens (tertiary/aromatic N) is 2. The molecule has 0 radical (unpaired) electrons. The maximum atomic E-state index is 13.6. The largest absolute Gasteiger partial charge is 1.00 e. The number of aromatic carboxylic acids is 1. The van der Waals surface area contributed by atoms with Crippen LogP contribution in [0.2, 0.25) is 0 Å². The summed E-state index contributed by atoms with van der Waals surface area (Å²) < 4.78 is 33.9. The van der Waals surface area contributed by atoms with Crippen LogP contribution in [-0.2, 0) is 17.8 Å². The number of benzene rings is 1. The first-order chi connectivity index (χ1) is 14.3. The van der Waals surface area contributed by atoms with E-state index in [0.29, 0.717) is 12.1 Å². The van der Waals surface area contributed by atoms with Gasteiger partial charge in [0.25, 0.3) is 6.43 Å². The minimum Gasteiger partial charge on any atom is -1.00 e. The zero-order valence-corrected chi connectivity index (χ0v) is 20.1. The van der Waals surface area contributed by atoms with Crippen LogP contribution >= 0.6 is 0 Å². The number of hydrogen-bond donors (Lipinski definition) is 3. The van der Waals surface area contributed by atoms with Gasteiger partial charge in [0, 0.05) is 37.3 Å². The third-order valence-corrected chi connectivity index (χ3v) is 4.49. The molecular weight excluding hydrogens is 439 g/mol. The van der Waals surface area contributed by atoms with Crippen LogP contribution in [0, 0.1) is 0 Å². The Morgan fingerprint density at radius 3 is 2.52 bits per heavy atom. The summed E-state index contributed by atoms with van der Waals surface area (Å²) in [7, 11) is 0. The summed E-state index contributed by atoms with van der Waals surface area (Å²) in [6.45, 7) is 2.34. The van der Waals surface area contributed by atoms with Gasteiger partial charge < -0.3 is 26.0 Å². The zero-order valence-electron chi connectivity index (χ0n) is 17.9. The van der Waals surface area contributed by atoms with E-state index in [1.165, 1.54) is 36.7 Å². The van der Waals surface area contributed by atoms with E-state index in [1.807, 2.05) is 6.92 Å². The second-order valence-electron chi connectivity index (χ2n) is 6.48. The van der Waals surface area contributed by atoms with Crippen LogP contribution in [0.25, 0.3) is 11.3 Å². The van der Waals surface area contributed by atoms with E-state index < -0.39 is 23.9 Å². The smallest absolute Gasteiger partial charge is 1.00 e. The fraction of sp³-hybridized carbons (Fsp3) is 0.250. The maximum absolute atomic E-state index is 13.6. The monoisotopic (exact) mass is 459 g/mol. The normalized spacial score (nSPS) is 10.7. The molecular formula is C20H20F2KN3O5. The van der Waals surface area contributed by atoms with Gasteiger partial charge in [0.15, 0.2) is 0 Å². The topological polar surface area (TPSA) is 118 Å². The number of carboxylic acid groups (broad SMARTS) is 1. The molecule has 0 aliphatic heterocycles. The van der Waals surface area contributed by atoms with E-state index >= 15 is 0 Å². The summed E-state index contributed by atoms with van der Waals surface area (Å²) in [4.78, 5) is 23.6. The average molecular weight is 459 g/mol. The van der Waals surface area contributed by atoms with E-state index in [0.717, 1.165) is 0 Å². The molecule has 11 heteroatoms. The molecule has 0 aliphatic carbocycles. The molecule has 1 amide bonds. The number of alkyl halides is 2. The van der Waals surface area contributed by atoms with Gasteiger partial charge in [-0.3, -0.25) is 4.79 Å². The zero-order chi connectivity index (χ0) is 21.8. The summed E-state index contributed by atoms with van der Waals surface area (Å²) in [6, 6.07) is 5.55. The Morgan fingerprint density at radius 1 is 1.26 bits per heavy atom. The number of nitrogens with one attached hydrogen (secondary N) is 1. The summed E-state index contributed by atoms with van der Waals surface area (Å²) in [5, 5.41) is 24.8. The van der Waals surface area contributed by atoms with Crippen LogP contribution < -0.4 is 56.7 Å². The van der Waals surface area contributed by atoms with E-state index in [4.69, 9.17) is 4.52 Å². The Labute approximate surface area is 220 Å². The molecule has 1 aromatic carbocycles. The van der Waals surface area contributed by atoms with E-state index in [9.17, 15) is 28.6 Å². The van der Waals surface area contributed by atoms with Crippen molar-refractivity contribution in [2.24, 2.45) is 0 Å². The molecule has 0 bridgehead atoms. The van der Waals surface area contributed by atoms with Gasteiger partial charge in [0.1, 0.15) is 22.8 Å². The number of hydrogen-bond acceptors (Lipinski definition) is 5. The number of phenolic OH excluding ortho intramolecular Hbond substituents is 1. The van der Waals surface area contributed by atoms with Crippen LogP contribution in [0.3, 0.4) is 0 Å². The van der Waals surface area contributed by atoms with Crippen molar-refractivity contribution < 1.29 is 85.9 Å². The molecule has 0 fully saturated rings. The Morgan fingerprint density at radius 2 is 1.94 bits per heavy atom. The first kappa shape index (κ1) is 25.2. The van der Waals surface area contributed by atoms with Crippen molar-refractivity contribution in [2.45, 2.75) is 32.7 Å². The van der Waals surface area contributed by atoms with Crippen LogP contribution in [-0.4, -0.2) is 31.8 Å². The molecule has 31 heavy (non-hydrogen) atoms. The Balaban J connectivity index is 0.00000256. The number of carboxylic acids is 1. The molecule has 8 nitrogen and oxygen atoms in total. The van der Waals surface area contributed by atoms with Gasteiger partial charge in [-0.05, 0) is 31.2 Å². The van der Waals surface area contributed by atoms with Crippen molar-refractivity contribution in [3.63, 3.8) is 0 Å². The van der Waals surface area contributed by atoms with Crippen molar-refractivity contribution in [3.8, 4) is 17.0 Å². The van der Waals surface area contributed by atoms with Gasteiger partial charge in [-0.1, -0.05) is 5.16 Å². The molecule has 2 aromatic heterocycles. The van der Waals surface area contributed by atoms with Crippen LogP contribution in [0.1, 0.15) is 42.9 Å². The number of phenols is 1. The van der Waals surface area contributed by atoms with Crippen LogP contribution in [0.4, 0.5) is 14.5 Å². The molecule has 3 N–H and O–H groups in total. The number of halogens is 2. The van der Waals surface area contributed by atoms with Gasteiger partial charge in [0.2, 0.25) is 5.91 Å². The van der Waals surface area contributed by atoms with Crippen molar-refractivity contribution in [1.82, 2.24) is 9.72 Å². The quantitative estimate of drug-likeness (QED) is 0.436. The maximum Gasteiger partial charge on any atom is 1.00 e. The number of anilines is 1. The number of carbonyl (C=O) groups excluding carboxylic acids is 1. The fourth-order valence-corrected chi connectivity index (χ4v) is 2.96. The second-order valence-corrected chi connectivity index (χ2v) is 6.48. The summed E-state index contributed by atoms with van der Waals surface area (Å²) in [6.07, 6.45) is -0.347. The first-order valence-corrected chi connectivity index (χ1v) is 9.09. The molecule has 0 aliphatic rings. The van der Waals surface area contributed by atoms with Gasteiger partial charge in [-0.2, -0.15) is 0 Å². The predicted molar refractivity (Wildman–Crippen MR) is 104 cm³/mol. The van der Waals surface area contributed by atoms with E-state index in [2.05, 4.69) is 10.5 Å². The number of aromatic nitrogens is 2. The molecule has 0 atom stereocenters. The number of rotatable bonds is 8. The molecule has 0 saturated heterocycles. The fourth-order valence-electron chi connectivity index (χ4n) is 2.96. The Kier molecular flexibility index (Phi) is 8.95. The molecule has 2 heterocycles. The molecule has 0 unspecified atom stereocenters. The van der Waals surface area contributed by atoms with Crippen LogP contribution in [0.5, 0.6) is 5.75 Å². The summed E-state index contributed by atoms with van der Waals surface area (Å²) >= 11 is 0. The second kappa shape index (κ2) is 11.0. The summed E-state index contributed by atoms with van der Waals surface area (Å²) in [5.41, 5.74) is -0.0708. The third kappa shape index (κ3) is 6.01. The van der Waals surface area contributed by atoms with Crippen molar-refractivity contribution in [3.05, 3.63) is 53.5 Å². The van der Waals surface area contributed by atoms with E-state index in [-0.39, 0.29) is 94.1 Å². The summed E-state index contributed by atoms with van der Waals surface area (Å²) in [5.74, 6) is -1.89.